The number of thioether (sulfide) groups is 1. The Morgan fingerprint density at radius 1 is 1.09 bits per heavy atom. The van der Waals surface area contributed by atoms with Gasteiger partial charge in [-0.2, -0.15) is 5.10 Å². The smallest absolute Gasteiger partial charge is 0.287 e. The van der Waals surface area contributed by atoms with Crippen LogP contribution in [0.4, 0.5) is 0 Å². The van der Waals surface area contributed by atoms with Crippen LogP contribution in [0.5, 0.6) is 0 Å². The topological polar surface area (TPSA) is 104 Å². The highest BCUT2D eigenvalue weighted by Gasteiger charge is 2.27. The molecule has 0 atom stereocenters. The van der Waals surface area contributed by atoms with Gasteiger partial charge >= 0.3 is 0 Å². The minimum atomic E-state index is -0.229. The molecule has 1 aliphatic rings. The first kappa shape index (κ1) is 21.3. The van der Waals surface area contributed by atoms with Crippen LogP contribution in [0.2, 0.25) is 0 Å². The summed E-state index contributed by atoms with van der Waals surface area (Å²) >= 11 is 1.47. The van der Waals surface area contributed by atoms with Gasteiger partial charge in [0.15, 0.2) is 10.9 Å². The molecule has 33 heavy (non-hydrogen) atoms. The number of carbonyl (C=O) groups excluding carboxylic acids is 2. The van der Waals surface area contributed by atoms with Gasteiger partial charge in [0.1, 0.15) is 11.9 Å². The molecule has 0 bridgehead atoms. The Bertz CT molecular complexity index is 1250. The summed E-state index contributed by atoms with van der Waals surface area (Å²) in [5, 5.41) is 11.4. The summed E-state index contributed by atoms with van der Waals surface area (Å²) in [7, 11) is 0. The molecule has 0 aliphatic carbocycles. The Morgan fingerprint density at radius 3 is 2.61 bits per heavy atom. The number of carbonyl (C=O) groups is 2. The Hall–Kier alpha value is -3.59. The summed E-state index contributed by atoms with van der Waals surface area (Å²) in [6.45, 7) is 1.21. The molecule has 2 aromatic heterocycles. The van der Waals surface area contributed by atoms with Crippen molar-refractivity contribution in [1.82, 2.24) is 25.4 Å². The number of H-pyrrole nitrogens is 1. The summed E-state index contributed by atoms with van der Waals surface area (Å²) in [6.07, 6.45) is 2.86. The van der Waals surface area contributed by atoms with Crippen molar-refractivity contribution in [3.8, 4) is 0 Å². The van der Waals surface area contributed by atoms with Crippen molar-refractivity contribution in [3.63, 3.8) is 0 Å². The number of likely N-dealkylation sites (tertiary alicyclic amines) is 1. The van der Waals surface area contributed by atoms with Crippen LogP contribution in [0.25, 0.3) is 11.0 Å². The summed E-state index contributed by atoms with van der Waals surface area (Å²) in [5.41, 5.74) is 2.21. The van der Waals surface area contributed by atoms with Gasteiger partial charge in [-0.05, 0) is 31.0 Å². The van der Waals surface area contributed by atoms with E-state index >= 15 is 0 Å². The van der Waals surface area contributed by atoms with Crippen molar-refractivity contribution in [3.05, 3.63) is 77.8 Å². The molecule has 5 rings (SSSR count). The fourth-order valence-electron chi connectivity index (χ4n) is 4.07. The molecule has 0 unspecified atom stereocenters. The largest absolute Gasteiger partial charge is 0.451 e. The standard InChI is InChI=1S/C24H23N5O3S/c30-22(27-17-10-12-29(13-11-17)23(31)16-6-2-1-3-7-16)21-19(14-33-24-25-15-26-28-24)18-8-4-5-9-20(18)32-21/h1-9,15,17H,10-14H2,(H,27,30)(H,25,26,28). The number of aromatic amines is 1. The van der Waals surface area contributed by atoms with Crippen LogP contribution in [0.1, 0.15) is 39.3 Å². The molecule has 1 aliphatic heterocycles. The second kappa shape index (κ2) is 9.50. The quantitative estimate of drug-likeness (QED) is 0.423. The lowest BCUT2D eigenvalue weighted by atomic mass is 10.0. The van der Waals surface area contributed by atoms with Gasteiger partial charge in [0.25, 0.3) is 11.8 Å². The van der Waals surface area contributed by atoms with Crippen molar-refractivity contribution < 1.29 is 14.0 Å². The molecule has 0 radical (unpaired) electrons. The highest BCUT2D eigenvalue weighted by Crippen LogP contribution is 2.31. The van der Waals surface area contributed by atoms with E-state index in [-0.39, 0.29) is 17.9 Å². The van der Waals surface area contributed by atoms with Crippen LogP contribution in [0, 0.1) is 0 Å². The lowest BCUT2D eigenvalue weighted by molar-refractivity contribution is 0.0696. The molecule has 8 nitrogen and oxygen atoms in total. The molecular weight excluding hydrogens is 438 g/mol. The first-order chi connectivity index (χ1) is 16.2. The minimum absolute atomic E-state index is 0.0136. The molecular formula is C24H23N5O3S. The zero-order chi connectivity index (χ0) is 22.6. The zero-order valence-corrected chi connectivity index (χ0v) is 18.7. The van der Waals surface area contributed by atoms with Gasteiger partial charge < -0.3 is 14.6 Å². The molecule has 2 N–H and O–H groups in total. The fraction of sp³-hybridized carbons (Fsp3) is 0.250. The van der Waals surface area contributed by atoms with Crippen LogP contribution >= 0.6 is 11.8 Å². The first-order valence-corrected chi connectivity index (χ1v) is 11.8. The van der Waals surface area contributed by atoms with E-state index in [9.17, 15) is 9.59 Å². The molecule has 9 heteroatoms. The third kappa shape index (κ3) is 4.63. The Labute approximate surface area is 194 Å². The molecule has 1 fully saturated rings. The number of aromatic nitrogens is 3. The van der Waals surface area contributed by atoms with E-state index in [1.165, 1.54) is 18.1 Å². The number of rotatable bonds is 6. The maximum Gasteiger partial charge on any atom is 0.287 e. The SMILES string of the molecule is O=C(NC1CCN(C(=O)c2ccccc2)CC1)c1oc2ccccc2c1CSc1ncn[nH]1. The van der Waals surface area contributed by atoms with E-state index in [1.807, 2.05) is 59.5 Å². The van der Waals surface area contributed by atoms with Gasteiger partial charge in [0.05, 0.1) is 0 Å². The van der Waals surface area contributed by atoms with Crippen LogP contribution < -0.4 is 5.32 Å². The second-order valence-electron chi connectivity index (χ2n) is 7.89. The van der Waals surface area contributed by atoms with Crippen LogP contribution in [-0.2, 0) is 5.75 Å². The molecule has 1 saturated heterocycles. The number of amides is 2. The molecule has 2 amide bonds. The molecule has 168 valence electrons. The number of para-hydroxylation sites is 1. The number of nitrogens with zero attached hydrogens (tertiary/aromatic N) is 3. The molecule has 0 spiro atoms. The number of furan rings is 1. The third-order valence-electron chi connectivity index (χ3n) is 5.79. The van der Waals surface area contributed by atoms with E-state index in [0.29, 0.717) is 53.7 Å². The predicted molar refractivity (Wildman–Crippen MR) is 125 cm³/mol. The van der Waals surface area contributed by atoms with Gasteiger partial charge in [0, 0.05) is 41.4 Å². The van der Waals surface area contributed by atoms with Gasteiger partial charge in [-0.3, -0.25) is 14.7 Å². The lowest BCUT2D eigenvalue weighted by Crippen LogP contribution is -2.46. The van der Waals surface area contributed by atoms with E-state index < -0.39 is 0 Å². The molecule has 0 saturated carbocycles. The normalized spacial score (nSPS) is 14.5. The molecule has 3 heterocycles. The third-order valence-corrected chi connectivity index (χ3v) is 6.69. The van der Waals surface area contributed by atoms with Crippen molar-refractivity contribution in [2.75, 3.05) is 13.1 Å². The number of hydrogen-bond acceptors (Lipinski definition) is 6. The first-order valence-electron chi connectivity index (χ1n) is 10.8. The van der Waals surface area contributed by atoms with Crippen LogP contribution in [-0.4, -0.2) is 51.0 Å². The zero-order valence-electron chi connectivity index (χ0n) is 17.9. The summed E-state index contributed by atoms with van der Waals surface area (Å²) in [6, 6.07) is 16.9. The van der Waals surface area contributed by atoms with E-state index in [4.69, 9.17) is 4.42 Å². The fourth-order valence-corrected chi connectivity index (χ4v) is 4.88. The highest BCUT2D eigenvalue weighted by molar-refractivity contribution is 7.98. The summed E-state index contributed by atoms with van der Waals surface area (Å²) in [4.78, 5) is 31.8. The second-order valence-corrected chi connectivity index (χ2v) is 8.86. The Kier molecular flexibility index (Phi) is 6.12. The van der Waals surface area contributed by atoms with Crippen molar-refractivity contribution in [2.24, 2.45) is 0 Å². The summed E-state index contributed by atoms with van der Waals surface area (Å²) in [5.74, 6) is 0.654. The van der Waals surface area contributed by atoms with Gasteiger partial charge in [-0.25, -0.2) is 4.98 Å². The van der Waals surface area contributed by atoms with Crippen molar-refractivity contribution >= 4 is 34.5 Å². The lowest BCUT2D eigenvalue weighted by Gasteiger charge is -2.32. The van der Waals surface area contributed by atoms with Crippen LogP contribution in [0.3, 0.4) is 0 Å². The van der Waals surface area contributed by atoms with Gasteiger partial charge in [0.2, 0.25) is 0 Å². The van der Waals surface area contributed by atoms with Crippen LogP contribution in [0.15, 0.2) is 70.5 Å². The number of nitrogens with one attached hydrogen (secondary N) is 2. The summed E-state index contributed by atoms with van der Waals surface area (Å²) < 4.78 is 5.95. The average molecular weight is 462 g/mol. The van der Waals surface area contributed by atoms with Gasteiger partial charge in [-0.1, -0.05) is 48.2 Å². The number of benzene rings is 2. The van der Waals surface area contributed by atoms with E-state index in [2.05, 4.69) is 20.5 Å². The highest BCUT2D eigenvalue weighted by atomic mass is 32.2. The maximum absolute atomic E-state index is 13.2. The Balaban J connectivity index is 1.26. The molecule has 2 aromatic carbocycles. The monoisotopic (exact) mass is 461 g/mol. The van der Waals surface area contributed by atoms with E-state index in [0.717, 1.165) is 10.9 Å². The Morgan fingerprint density at radius 2 is 1.85 bits per heavy atom. The number of piperidine rings is 1. The minimum Gasteiger partial charge on any atom is -0.451 e. The van der Waals surface area contributed by atoms with Crippen molar-refractivity contribution in [2.45, 2.75) is 29.8 Å². The maximum atomic E-state index is 13.2. The number of hydrogen-bond donors (Lipinski definition) is 2. The van der Waals surface area contributed by atoms with E-state index in [1.54, 1.807) is 0 Å². The van der Waals surface area contributed by atoms with Gasteiger partial charge in [-0.15, -0.1) is 0 Å². The average Bonchev–Trinajstić information content (AvgIpc) is 3.51. The van der Waals surface area contributed by atoms with Crippen molar-refractivity contribution in [1.29, 1.82) is 0 Å². The number of fused-ring (bicyclic) bond motifs is 1. The predicted octanol–water partition coefficient (Wildman–Crippen LogP) is 3.88. The molecule has 4 aromatic rings.